The van der Waals surface area contributed by atoms with E-state index in [1.807, 2.05) is 13.0 Å². The Kier molecular flexibility index (Phi) is 3.52. The van der Waals surface area contributed by atoms with Crippen molar-refractivity contribution in [2.24, 2.45) is 0 Å². The molecular formula is C10H12BrNO2. The third kappa shape index (κ3) is 2.26. The van der Waals surface area contributed by atoms with Crippen molar-refractivity contribution >= 4 is 27.6 Å². The van der Waals surface area contributed by atoms with Crippen molar-refractivity contribution in [2.75, 3.05) is 12.3 Å². The zero-order valence-corrected chi connectivity index (χ0v) is 9.72. The van der Waals surface area contributed by atoms with Crippen LogP contribution in [0.3, 0.4) is 0 Å². The van der Waals surface area contributed by atoms with E-state index in [-0.39, 0.29) is 5.97 Å². The topological polar surface area (TPSA) is 52.3 Å². The lowest BCUT2D eigenvalue weighted by Gasteiger charge is -2.07. The first-order chi connectivity index (χ1) is 6.56. The fourth-order valence-corrected chi connectivity index (χ4v) is 1.67. The molecule has 3 nitrogen and oxygen atoms in total. The summed E-state index contributed by atoms with van der Waals surface area (Å²) in [5, 5.41) is 0. The number of benzene rings is 1. The second-order valence-electron chi connectivity index (χ2n) is 2.91. The van der Waals surface area contributed by atoms with E-state index in [0.717, 1.165) is 5.56 Å². The molecule has 14 heavy (non-hydrogen) atoms. The molecule has 0 spiro atoms. The quantitative estimate of drug-likeness (QED) is 0.655. The van der Waals surface area contributed by atoms with Gasteiger partial charge >= 0.3 is 5.97 Å². The van der Waals surface area contributed by atoms with Gasteiger partial charge in [0.05, 0.1) is 12.2 Å². The van der Waals surface area contributed by atoms with Crippen molar-refractivity contribution in [3.63, 3.8) is 0 Å². The molecule has 4 heteroatoms. The molecule has 1 aromatic carbocycles. The summed E-state index contributed by atoms with van der Waals surface area (Å²) in [5.74, 6) is -0.355. The van der Waals surface area contributed by atoms with E-state index < -0.39 is 0 Å². The molecule has 0 aliphatic carbocycles. The fraction of sp³-hybridized carbons (Fsp3) is 0.300. The van der Waals surface area contributed by atoms with Crippen molar-refractivity contribution < 1.29 is 9.53 Å². The summed E-state index contributed by atoms with van der Waals surface area (Å²) in [4.78, 5) is 11.4. The van der Waals surface area contributed by atoms with Gasteiger partial charge in [-0.3, -0.25) is 0 Å². The van der Waals surface area contributed by atoms with Crippen LogP contribution in [0.25, 0.3) is 0 Å². The molecule has 0 unspecified atom stereocenters. The summed E-state index contributed by atoms with van der Waals surface area (Å²) in [6, 6.07) is 3.43. The molecule has 0 bridgehead atoms. The molecule has 0 aliphatic heterocycles. The number of anilines is 1. The van der Waals surface area contributed by atoms with Gasteiger partial charge in [0.15, 0.2) is 0 Å². The van der Waals surface area contributed by atoms with Crippen LogP contribution in [0.2, 0.25) is 0 Å². The summed E-state index contributed by atoms with van der Waals surface area (Å²) in [6.07, 6.45) is 0. The van der Waals surface area contributed by atoms with Gasteiger partial charge in [-0.05, 0) is 47.5 Å². The number of rotatable bonds is 2. The first kappa shape index (κ1) is 11.0. The van der Waals surface area contributed by atoms with Crippen LogP contribution in [0.4, 0.5) is 5.69 Å². The van der Waals surface area contributed by atoms with Crippen molar-refractivity contribution in [3.05, 3.63) is 27.7 Å². The molecule has 0 atom stereocenters. The van der Waals surface area contributed by atoms with Crippen molar-refractivity contribution in [1.29, 1.82) is 0 Å². The molecule has 0 radical (unpaired) electrons. The van der Waals surface area contributed by atoms with Crippen LogP contribution >= 0.6 is 15.9 Å². The Labute approximate surface area is 91.4 Å². The van der Waals surface area contributed by atoms with Gasteiger partial charge in [0.1, 0.15) is 0 Å². The molecule has 0 aromatic heterocycles. The largest absolute Gasteiger partial charge is 0.462 e. The molecule has 0 aliphatic rings. The number of carbonyl (C=O) groups excluding carboxylic acids is 1. The van der Waals surface area contributed by atoms with Gasteiger partial charge in [0.2, 0.25) is 0 Å². The van der Waals surface area contributed by atoms with Crippen LogP contribution in [0.1, 0.15) is 22.8 Å². The van der Waals surface area contributed by atoms with Crippen molar-refractivity contribution in [2.45, 2.75) is 13.8 Å². The van der Waals surface area contributed by atoms with Gasteiger partial charge in [-0.1, -0.05) is 0 Å². The Bertz CT molecular complexity index is 363. The Hall–Kier alpha value is -1.03. The highest BCUT2D eigenvalue weighted by Gasteiger charge is 2.12. The molecule has 0 saturated carbocycles. The van der Waals surface area contributed by atoms with Gasteiger partial charge in [-0.25, -0.2) is 4.79 Å². The minimum Gasteiger partial charge on any atom is -0.462 e. The SMILES string of the molecule is CCOC(=O)c1cc(N)c(C)cc1Br. The Balaban J connectivity index is 3.09. The van der Waals surface area contributed by atoms with E-state index >= 15 is 0 Å². The molecule has 1 aromatic rings. The summed E-state index contributed by atoms with van der Waals surface area (Å²) in [5.41, 5.74) is 7.69. The molecule has 0 fully saturated rings. The van der Waals surface area contributed by atoms with Crippen LogP contribution < -0.4 is 5.73 Å². The second kappa shape index (κ2) is 4.46. The Morgan fingerprint density at radius 1 is 1.57 bits per heavy atom. The number of halogens is 1. The van der Waals surface area contributed by atoms with E-state index in [2.05, 4.69) is 15.9 Å². The number of esters is 1. The predicted octanol–water partition coefficient (Wildman–Crippen LogP) is 2.52. The number of carbonyl (C=O) groups is 1. The molecule has 1 rings (SSSR count). The third-order valence-corrected chi connectivity index (χ3v) is 2.51. The number of nitrogen functional groups attached to an aromatic ring is 1. The maximum absolute atomic E-state index is 11.4. The number of ether oxygens (including phenoxy) is 1. The van der Waals surface area contributed by atoms with E-state index in [4.69, 9.17) is 10.5 Å². The van der Waals surface area contributed by atoms with Crippen LogP contribution in [-0.2, 0) is 4.74 Å². The van der Waals surface area contributed by atoms with Gasteiger partial charge in [0, 0.05) is 10.2 Å². The number of aryl methyl sites for hydroxylation is 1. The van der Waals surface area contributed by atoms with E-state index in [1.165, 1.54) is 0 Å². The molecule has 76 valence electrons. The number of hydrogen-bond donors (Lipinski definition) is 1. The molecule has 0 amide bonds. The van der Waals surface area contributed by atoms with Gasteiger partial charge < -0.3 is 10.5 Å². The van der Waals surface area contributed by atoms with Gasteiger partial charge in [-0.2, -0.15) is 0 Å². The van der Waals surface area contributed by atoms with E-state index in [0.29, 0.717) is 22.3 Å². The summed E-state index contributed by atoms with van der Waals surface area (Å²) >= 11 is 3.30. The Morgan fingerprint density at radius 3 is 2.79 bits per heavy atom. The van der Waals surface area contributed by atoms with E-state index in [9.17, 15) is 4.79 Å². The molecule has 0 heterocycles. The summed E-state index contributed by atoms with van der Waals surface area (Å²) in [6.45, 7) is 4.01. The average Bonchev–Trinajstić information content (AvgIpc) is 2.11. The normalized spacial score (nSPS) is 9.93. The summed E-state index contributed by atoms with van der Waals surface area (Å²) < 4.78 is 5.59. The Morgan fingerprint density at radius 2 is 2.21 bits per heavy atom. The second-order valence-corrected chi connectivity index (χ2v) is 3.76. The number of hydrogen-bond acceptors (Lipinski definition) is 3. The van der Waals surface area contributed by atoms with Crippen molar-refractivity contribution in [3.8, 4) is 0 Å². The highest BCUT2D eigenvalue weighted by molar-refractivity contribution is 9.10. The van der Waals surface area contributed by atoms with Gasteiger partial charge in [0.25, 0.3) is 0 Å². The maximum atomic E-state index is 11.4. The summed E-state index contributed by atoms with van der Waals surface area (Å²) in [7, 11) is 0. The highest BCUT2D eigenvalue weighted by Crippen LogP contribution is 2.23. The zero-order valence-electron chi connectivity index (χ0n) is 8.13. The minimum atomic E-state index is -0.355. The lowest BCUT2D eigenvalue weighted by Crippen LogP contribution is -2.06. The highest BCUT2D eigenvalue weighted by atomic mass is 79.9. The third-order valence-electron chi connectivity index (χ3n) is 1.85. The monoisotopic (exact) mass is 257 g/mol. The van der Waals surface area contributed by atoms with Crippen LogP contribution in [0, 0.1) is 6.92 Å². The lowest BCUT2D eigenvalue weighted by atomic mass is 10.1. The van der Waals surface area contributed by atoms with Crippen LogP contribution in [0.15, 0.2) is 16.6 Å². The smallest absolute Gasteiger partial charge is 0.339 e. The first-order valence-corrected chi connectivity index (χ1v) is 5.08. The number of nitrogens with two attached hydrogens (primary N) is 1. The first-order valence-electron chi connectivity index (χ1n) is 4.29. The minimum absolute atomic E-state index is 0.355. The van der Waals surface area contributed by atoms with Crippen LogP contribution in [-0.4, -0.2) is 12.6 Å². The van der Waals surface area contributed by atoms with Crippen molar-refractivity contribution in [1.82, 2.24) is 0 Å². The molecule has 2 N–H and O–H groups in total. The van der Waals surface area contributed by atoms with Crippen LogP contribution in [0.5, 0.6) is 0 Å². The average molecular weight is 258 g/mol. The molecule has 0 saturated heterocycles. The zero-order chi connectivity index (χ0) is 10.7. The van der Waals surface area contributed by atoms with E-state index in [1.54, 1.807) is 13.0 Å². The predicted molar refractivity (Wildman–Crippen MR) is 59.2 cm³/mol. The van der Waals surface area contributed by atoms with Gasteiger partial charge in [-0.15, -0.1) is 0 Å². The standard InChI is InChI=1S/C10H12BrNO2/c1-3-14-10(13)7-5-9(12)6(2)4-8(7)11/h4-5H,3,12H2,1-2H3. The molecular weight excluding hydrogens is 246 g/mol. The lowest BCUT2D eigenvalue weighted by molar-refractivity contribution is 0.0525. The fourth-order valence-electron chi connectivity index (χ4n) is 1.05. The maximum Gasteiger partial charge on any atom is 0.339 e.